The van der Waals surface area contributed by atoms with Gasteiger partial charge in [-0.3, -0.25) is 0 Å². The molecule has 6 nitrogen and oxygen atoms in total. The number of nitrogens with two attached hydrogens (primary N) is 1. The topological polar surface area (TPSA) is 86.0 Å². The van der Waals surface area contributed by atoms with Crippen LogP contribution in [0.15, 0.2) is 12.1 Å². The summed E-state index contributed by atoms with van der Waals surface area (Å²) in [7, 11) is 4.69. The molecule has 1 aromatic rings. The molecule has 0 aliphatic rings. The van der Waals surface area contributed by atoms with E-state index in [2.05, 4.69) is 5.32 Å². The van der Waals surface area contributed by atoms with Gasteiger partial charge in [0, 0.05) is 25.8 Å². The highest BCUT2D eigenvalue weighted by Crippen LogP contribution is 2.34. The molecule has 0 radical (unpaired) electrons. The summed E-state index contributed by atoms with van der Waals surface area (Å²) < 4.78 is 15.2. The summed E-state index contributed by atoms with van der Waals surface area (Å²) in [6.07, 6.45) is 0.0839. The van der Waals surface area contributed by atoms with Crippen molar-refractivity contribution in [3.8, 4) is 11.5 Å². The number of hydrogen-bond donors (Lipinski definition) is 3. The van der Waals surface area contributed by atoms with Crippen LogP contribution >= 0.6 is 0 Å². The Kier molecular flexibility index (Phi) is 6.24. The van der Waals surface area contributed by atoms with Crippen LogP contribution < -0.4 is 20.5 Å². The van der Waals surface area contributed by atoms with Crippen LogP contribution in [0.25, 0.3) is 0 Å². The Balaban J connectivity index is 2.63. The maximum absolute atomic E-state index is 9.54. The van der Waals surface area contributed by atoms with Gasteiger partial charge in [-0.15, -0.1) is 0 Å². The zero-order valence-electron chi connectivity index (χ0n) is 11.6. The average molecular weight is 270 g/mol. The molecule has 19 heavy (non-hydrogen) atoms. The maximum atomic E-state index is 9.54. The number of aliphatic hydroxyl groups is 1. The number of methoxy groups -OCH3 is 3. The molecule has 0 saturated carbocycles. The molecular weight excluding hydrogens is 248 g/mol. The average Bonchev–Trinajstić information content (AvgIpc) is 2.40. The second-order valence-electron chi connectivity index (χ2n) is 4.12. The third-order valence-electron chi connectivity index (χ3n) is 2.71. The van der Waals surface area contributed by atoms with Crippen molar-refractivity contribution in [1.29, 1.82) is 0 Å². The lowest BCUT2D eigenvalue weighted by molar-refractivity contribution is 0.0615. The van der Waals surface area contributed by atoms with Gasteiger partial charge in [-0.2, -0.15) is 0 Å². The lowest BCUT2D eigenvalue weighted by atomic mass is 10.2. The molecule has 1 atom stereocenters. The predicted molar refractivity (Wildman–Crippen MR) is 74.9 cm³/mol. The molecule has 6 heteroatoms. The number of aliphatic hydroxyl groups excluding tert-OH is 1. The van der Waals surface area contributed by atoms with Crippen molar-refractivity contribution in [1.82, 2.24) is 0 Å². The van der Waals surface area contributed by atoms with E-state index in [-0.39, 0.29) is 0 Å². The molecule has 0 aliphatic carbocycles. The van der Waals surface area contributed by atoms with Crippen LogP contribution in [0, 0.1) is 0 Å². The molecule has 0 saturated heterocycles. The first-order chi connectivity index (χ1) is 9.12. The van der Waals surface area contributed by atoms with Crippen LogP contribution in [-0.4, -0.2) is 45.7 Å². The number of benzene rings is 1. The number of hydrogen-bond acceptors (Lipinski definition) is 6. The summed E-state index contributed by atoms with van der Waals surface area (Å²) in [6.45, 7) is 0.910. The molecule has 0 spiro atoms. The van der Waals surface area contributed by atoms with Crippen molar-refractivity contribution >= 4 is 11.4 Å². The highest BCUT2D eigenvalue weighted by molar-refractivity contribution is 5.72. The van der Waals surface area contributed by atoms with Crippen LogP contribution in [0.2, 0.25) is 0 Å². The molecule has 1 rings (SSSR count). The summed E-state index contributed by atoms with van der Waals surface area (Å²) in [6, 6.07) is 3.48. The second kappa shape index (κ2) is 7.70. The number of anilines is 2. The second-order valence-corrected chi connectivity index (χ2v) is 4.12. The molecule has 1 unspecified atom stereocenters. The summed E-state index contributed by atoms with van der Waals surface area (Å²) in [5.74, 6) is 1.20. The quantitative estimate of drug-likeness (QED) is 0.613. The van der Waals surface area contributed by atoms with Crippen LogP contribution in [0.4, 0.5) is 11.4 Å². The molecular formula is C13H22N2O4. The van der Waals surface area contributed by atoms with Crippen LogP contribution in [0.1, 0.15) is 6.42 Å². The Morgan fingerprint density at radius 1 is 1.21 bits per heavy atom. The SMILES string of the molecule is COCC(O)CCNc1cc(OC)c(OC)cc1N. The minimum atomic E-state index is -0.487. The number of ether oxygens (including phenoxy) is 3. The third-order valence-corrected chi connectivity index (χ3v) is 2.71. The van der Waals surface area contributed by atoms with Gasteiger partial charge in [0.15, 0.2) is 11.5 Å². The zero-order chi connectivity index (χ0) is 14.3. The molecule has 108 valence electrons. The largest absolute Gasteiger partial charge is 0.493 e. The van der Waals surface area contributed by atoms with Crippen molar-refractivity contribution in [2.24, 2.45) is 0 Å². The standard InChI is InChI=1S/C13H22N2O4/c1-17-8-9(16)4-5-15-11-7-13(19-3)12(18-2)6-10(11)14/h6-7,9,15-16H,4-5,8,14H2,1-3H3. The number of nitrogen functional groups attached to an aromatic ring is 1. The van der Waals surface area contributed by atoms with E-state index in [1.807, 2.05) is 0 Å². The van der Waals surface area contributed by atoms with Gasteiger partial charge in [0.1, 0.15) is 0 Å². The highest BCUT2D eigenvalue weighted by Gasteiger charge is 2.09. The van der Waals surface area contributed by atoms with Crippen molar-refractivity contribution in [2.45, 2.75) is 12.5 Å². The summed E-state index contributed by atoms with van der Waals surface area (Å²) >= 11 is 0. The predicted octanol–water partition coefficient (Wildman–Crippen LogP) is 1.10. The molecule has 0 aromatic heterocycles. The van der Waals surface area contributed by atoms with Crippen molar-refractivity contribution in [2.75, 3.05) is 45.5 Å². The minimum Gasteiger partial charge on any atom is -0.493 e. The van der Waals surface area contributed by atoms with Crippen molar-refractivity contribution < 1.29 is 19.3 Å². The van der Waals surface area contributed by atoms with E-state index >= 15 is 0 Å². The molecule has 1 aromatic carbocycles. The van der Waals surface area contributed by atoms with Gasteiger partial charge in [-0.1, -0.05) is 0 Å². The van der Waals surface area contributed by atoms with Gasteiger partial charge in [0.2, 0.25) is 0 Å². The summed E-state index contributed by atoms with van der Waals surface area (Å²) in [4.78, 5) is 0. The zero-order valence-corrected chi connectivity index (χ0v) is 11.6. The third kappa shape index (κ3) is 4.50. The fourth-order valence-electron chi connectivity index (χ4n) is 1.70. The summed E-state index contributed by atoms with van der Waals surface area (Å²) in [5, 5.41) is 12.7. The van der Waals surface area contributed by atoms with Crippen molar-refractivity contribution in [3.63, 3.8) is 0 Å². The lowest BCUT2D eigenvalue weighted by Crippen LogP contribution is -2.18. The number of nitrogens with one attached hydrogen (secondary N) is 1. The maximum Gasteiger partial charge on any atom is 0.162 e. The van der Waals surface area contributed by atoms with E-state index in [1.165, 1.54) is 0 Å². The van der Waals surface area contributed by atoms with Crippen LogP contribution in [0.3, 0.4) is 0 Å². The first-order valence-corrected chi connectivity index (χ1v) is 6.04. The van der Waals surface area contributed by atoms with E-state index < -0.39 is 6.10 Å². The van der Waals surface area contributed by atoms with Crippen LogP contribution in [0.5, 0.6) is 11.5 Å². The molecule has 0 fully saturated rings. The van der Waals surface area contributed by atoms with E-state index in [9.17, 15) is 5.11 Å². The van der Waals surface area contributed by atoms with Gasteiger partial charge < -0.3 is 30.4 Å². The van der Waals surface area contributed by atoms with E-state index in [1.54, 1.807) is 33.5 Å². The first-order valence-electron chi connectivity index (χ1n) is 6.04. The molecule has 0 bridgehead atoms. The van der Waals surface area contributed by atoms with Gasteiger partial charge in [0.05, 0.1) is 38.3 Å². The van der Waals surface area contributed by atoms with Gasteiger partial charge in [0.25, 0.3) is 0 Å². The monoisotopic (exact) mass is 270 g/mol. The van der Waals surface area contributed by atoms with Crippen LogP contribution in [-0.2, 0) is 4.74 Å². The molecule has 0 aliphatic heterocycles. The smallest absolute Gasteiger partial charge is 0.162 e. The Labute approximate surface area is 113 Å². The fraction of sp³-hybridized carbons (Fsp3) is 0.538. The highest BCUT2D eigenvalue weighted by atomic mass is 16.5. The molecule has 0 amide bonds. The Morgan fingerprint density at radius 3 is 2.42 bits per heavy atom. The Bertz CT molecular complexity index is 398. The lowest BCUT2D eigenvalue weighted by Gasteiger charge is -2.15. The first kappa shape index (κ1) is 15.4. The normalized spacial score (nSPS) is 12.0. The van der Waals surface area contributed by atoms with Crippen molar-refractivity contribution in [3.05, 3.63) is 12.1 Å². The summed E-state index contributed by atoms with van der Waals surface area (Å²) in [5.41, 5.74) is 7.23. The van der Waals surface area contributed by atoms with E-state index in [0.717, 1.165) is 5.69 Å². The number of rotatable bonds is 8. The Hall–Kier alpha value is -1.66. The Morgan fingerprint density at radius 2 is 1.84 bits per heavy atom. The fourth-order valence-corrected chi connectivity index (χ4v) is 1.70. The van der Waals surface area contributed by atoms with Gasteiger partial charge in [-0.25, -0.2) is 0 Å². The minimum absolute atomic E-state index is 0.323. The van der Waals surface area contributed by atoms with E-state index in [0.29, 0.717) is 36.8 Å². The van der Waals surface area contributed by atoms with E-state index in [4.69, 9.17) is 19.9 Å². The van der Waals surface area contributed by atoms with Gasteiger partial charge >= 0.3 is 0 Å². The molecule has 0 heterocycles. The van der Waals surface area contributed by atoms with Gasteiger partial charge in [-0.05, 0) is 6.42 Å². The molecule has 4 N–H and O–H groups in total.